The zero-order valence-electron chi connectivity index (χ0n) is 16.9. The van der Waals surface area contributed by atoms with Gasteiger partial charge >= 0.3 is 0 Å². The quantitative estimate of drug-likeness (QED) is 0.484. The minimum atomic E-state index is -0.325. The van der Waals surface area contributed by atoms with Crippen LogP contribution in [0.15, 0.2) is 60.0 Å². The van der Waals surface area contributed by atoms with Gasteiger partial charge in [0.05, 0.1) is 23.5 Å². The molecule has 30 heavy (non-hydrogen) atoms. The number of aromatic nitrogens is 1. The van der Waals surface area contributed by atoms with Crippen LogP contribution in [0.4, 0.5) is 0 Å². The lowest BCUT2D eigenvalue weighted by molar-refractivity contribution is 0.124. The number of hydrogen-bond donors (Lipinski definition) is 4. The van der Waals surface area contributed by atoms with E-state index in [1.54, 1.807) is 0 Å². The summed E-state index contributed by atoms with van der Waals surface area (Å²) in [5.74, 6) is 0.798. The Morgan fingerprint density at radius 3 is 2.60 bits per heavy atom. The third-order valence-corrected chi connectivity index (χ3v) is 6.56. The van der Waals surface area contributed by atoms with Crippen LogP contribution in [0, 0.1) is 0 Å². The molecule has 2 aliphatic rings. The summed E-state index contributed by atoms with van der Waals surface area (Å²) in [6.07, 6.45) is 4.71. The van der Waals surface area contributed by atoms with Crippen LogP contribution in [0.2, 0.25) is 5.02 Å². The molecule has 156 valence electrons. The number of H-pyrrole nitrogens is 1. The van der Waals surface area contributed by atoms with Gasteiger partial charge in [-0.2, -0.15) is 0 Å². The first-order chi connectivity index (χ1) is 14.6. The van der Waals surface area contributed by atoms with Crippen LogP contribution >= 0.6 is 11.6 Å². The van der Waals surface area contributed by atoms with Gasteiger partial charge in [-0.3, -0.25) is 0 Å². The van der Waals surface area contributed by atoms with Crippen molar-refractivity contribution in [3.8, 4) is 0 Å². The Morgan fingerprint density at radius 2 is 1.87 bits per heavy atom. The first-order valence-electron chi connectivity index (χ1n) is 10.6. The maximum atomic E-state index is 6.78. The summed E-state index contributed by atoms with van der Waals surface area (Å²) in [7, 11) is 0. The number of allylic oxidation sites excluding steroid dienone is 1. The second-order valence-corrected chi connectivity index (χ2v) is 8.85. The zero-order chi connectivity index (χ0) is 20.7. The summed E-state index contributed by atoms with van der Waals surface area (Å²) in [6, 6.07) is 16.4. The molecule has 2 heterocycles. The first kappa shape index (κ1) is 19.5. The standard InChI is InChI=1S/C24H27ClN4O/c25-17-11-16-12-20(28-22(16)18(13-17)24(27)8-4-5-9-24)23-29-19(21(14-26)30-23)10-15-6-2-1-3-7-15/h1-3,6-7,11-13,23,28-29H,4-5,8-10,14,26-27H2. The van der Waals surface area contributed by atoms with Crippen molar-refractivity contribution in [1.29, 1.82) is 0 Å². The second-order valence-electron chi connectivity index (χ2n) is 8.42. The molecule has 6 N–H and O–H groups in total. The number of hydrogen-bond acceptors (Lipinski definition) is 4. The SMILES string of the molecule is NCC1=C(Cc2ccccc2)NC(c2cc3cc(Cl)cc(C4(N)CCCC4)c3[nH]2)O1. The molecule has 0 saturated heterocycles. The van der Waals surface area contributed by atoms with Gasteiger partial charge in [-0.05, 0) is 42.2 Å². The number of rotatable bonds is 5. The van der Waals surface area contributed by atoms with Crippen LogP contribution in [0.3, 0.4) is 0 Å². The number of benzene rings is 2. The molecule has 0 radical (unpaired) electrons. The van der Waals surface area contributed by atoms with Crippen molar-refractivity contribution in [2.24, 2.45) is 11.5 Å². The molecule has 0 spiro atoms. The van der Waals surface area contributed by atoms with Gasteiger partial charge < -0.3 is 26.5 Å². The highest BCUT2D eigenvalue weighted by Crippen LogP contribution is 2.41. The van der Waals surface area contributed by atoms with Gasteiger partial charge in [0.1, 0.15) is 5.76 Å². The number of nitrogens with one attached hydrogen (secondary N) is 2. The maximum Gasteiger partial charge on any atom is 0.210 e. The molecular weight excluding hydrogens is 396 g/mol. The molecule has 1 aliphatic heterocycles. The summed E-state index contributed by atoms with van der Waals surface area (Å²) in [6.45, 7) is 0.356. The molecule has 1 aliphatic carbocycles. The van der Waals surface area contributed by atoms with Crippen LogP contribution in [0.5, 0.6) is 0 Å². The molecule has 1 fully saturated rings. The van der Waals surface area contributed by atoms with Gasteiger partial charge in [-0.25, -0.2) is 0 Å². The van der Waals surface area contributed by atoms with Gasteiger partial charge in [0.15, 0.2) is 0 Å². The van der Waals surface area contributed by atoms with Crippen molar-refractivity contribution >= 4 is 22.5 Å². The lowest BCUT2D eigenvalue weighted by Crippen LogP contribution is -2.33. The van der Waals surface area contributed by atoms with E-state index in [4.69, 9.17) is 27.8 Å². The molecule has 1 unspecified atom stereocenters. The molecule has 0 bridgehead atoms. The average molecular weight is 423 g/mol. The van der Waals surface area contributed by atoms with Crippen molar-refractivity contribution in [2.45, 2.75) is 43.9 Å². The Bertz CT molecular complexity index is 1100. The summed E-state index contributed by atoms with van der Waals surface area (Å²) in [4.78, 5) is 3.57. The Balaban J connectivity index is 1.46. The Kier molecular flexibility index (Phi) is 4.97. The molecule has 3 aromatic rings. The van der Waals surface area contributed by atoms with Crippen LogP contribution in [-0.4, -0.2) is 11.5 Å². The number of aromatic amines is 1. The highest BCUT2D eigenvalue weighted by molar-refractivity contribution is 6.31. The fraction of sp³-hybridized carbons (Fsp3) is 0.333. The van der Waals surface area contributed by atoms with Crippen LogP contribution < -0.4 is 16.8 Å². The minimum absolute atomic E-state index is 0.307. The Morgan fingerprint density at radius 1 is 1.10 bits per heavy atom. The fourth-order valence-electron chi connectivity index (χ4n) is 4.78. The van der Waals surface area contributed by atoms with E-state index in [1.807, 2.05) is 30.3 Å². The summed E-state index contributed by atoms with van der Waals surface area (Å²) >= 11 is 6.45. The number of halogens is 1. The first-order valence-corrected chi connectivity index (χ1v) is 10.9. The molecule has 0 amide bonds. The molecular formula is C24H27ClN4O. The Hall–Kier alpha value is -2.47. The van der Waals surface area contributed by atoms with E-state index in [-0.39, 0.29) is 11.8 Å². The summed E-state index contributed by atoms with van der Waals surface area (Å²) < 4.78 is 6.18. The van der Waals surface area contributed by atoms with Crippen molar-refractivity contribution in [1.82, 2.24) is 10.3 Å². The van der Waals surface area contributed by atoms with Gasteiger partial charge in [0.25, 0.3) is 0 Å². The van der Waals surface area contributed by atoms with E-state index in [0.717, 1.165) is 65.7 Å². The number of ether oxygens (including phenoxy) is 1. The fourth-order valence-corrected chi connectivity index (χ4v) is 5.01. The third-order valence-electron chi connectivity index (χ3n) is 6.34. The van der Waals surface area contributed by atoms with Crippen LogP contribution in [0.25, 0.3) is 10.9 Å². The number of fused-ring (bicyclic) bond motifs is 1. The smallest absolute Gasteiger partial charge is 0.210 e. The van der Waals surface area contributed by atoms with E-state index in [0.29, 0.717) is 11.6 Å². The van der Waals surface area contributed by atoms with E-state index in [1.165, 1.54) is 5.56 Å². The molecule has 5 rings (SSSR count). The van der Waals surface area contributed by atoms with E-state index in [2.05, 4.69) is 28.5 Å². The summed E-state index contributed by atoms with van der Waals surface area (Å²) in [5, 5.41) is 5.28. The van der Waals surface area contributed by atoms with Gasteiger partial charge in [-0.15, -0.1) is 0 Å². The van der Waals surface area contributed by atoms with Gasteiger partial charge in [0, 0.05) is 22.4 Å². The van der Waals surface area contributed by atoms with E-state index in [9.17, 15) is 0 Å². The lowest BCUT2D eigenvalue weighted by Gasteiger charge is -2.25. The maximum absolute atomic E-state index is 6.78. The van der Waals surface area contributed by atoms with Crippen molar-refractivity contribution in [3.63, 3.8) is 0 Å². The predicted octanol–water partition coefficient (Wildman–Crippen LogP) is 4.58. The van der Waals surface area contributed by atoms with Crippen molar-refractivity contribution < 1.29 is 4.74 Å². The number of nitrogens with two attached hydrogens (primary N) is 2. The molecule has 1 aromatic heterocycles. The monoisotopic (exact) mass is 422 g/mol. The molecule has 5 nitrogen and oxygen atoms in total. The largest absolute Gasteiger partial charge is 0.466 e. The average Bonchev–Trinajstić information content (AvgIpc) is 3.46. The Labute approximate surface area is 181 Å². The molecule has 6 heteroatoms. The van der Waals surface area contributed by atoms with E-state index < -0.39 is 0 Å². The topological polar surface area (TPSA) is 89.1 Å². The highest BCUT2D eigenvalue weighted by atomic mass is 35.5. The third kappa shape index (κ3) is 3.47. The normalized spacial score (nSPS) is 20.6. The van der Waals surface area contributed by atoms with Crippen LogP contribution in [0.1, 0.15) is 48.7 Å². The second kappa shape index (κ2) is 7.65. The van der Waals surface area contributed by atoms with Crippen molar-refractivity contribution in [3.05, 3.63) is 81.8 Å². The van der Waals surface area contributed by atoms with E-state index >= 15 is 0 Å². The van der Waals surface area contributed by atoms with Crippen LogP contribution in [-0.2, 0) is 16.7 Å². The molecule has 2 aromatic carbocycles. The lowest BCUT2D eigenvalue weighted by atomic mass is 9.88. The predicted molar refractivity (Wildman–Crippen MR) is 121 cm³/mol. The molecule has 1 atom stereocenters. The van der Waals surface area contributed by atoms with Gasteiger partial charge in [-0.1, -0.05) is 54.8 Å². The zero-order valence-corrected chi connectivity index (χ0v) is 17.6. The molecule has 1 saturated carbocycles. The highest BCUT2D eigenvalue weighted by Gasteiger charge is 2.34. The summed E-state index contributed by atoms with van der Waals surface area (Å²) in [5.41, 5.74) is 17.8. The van der Waals surface area contributed by atoms with Crippen molar-refractivity contribution in [2.75, 3.05) is 6.54 Å². The van der Waals surface area contributed by atoms with Gasteiger partial charge in [0.2, 0.25) is 6.23 Å². The minimum Gasteiger partial charge on any atom is -0.466 e.